The molecule has 1 heterocycles. The number of hydrogen-bond acceptors (Lipinski definition) is 5. The molecule has 5 heteroatoms. The van der Waals surface area contributed by atoms with Gasteiger partial charge in [0.05, 0.1) is 0 Å². The minimum Gasteiger partial charge on any atom is -0.303 e. The molecule has 2 atom stereocenters. The lowest BCUT2D eigenvalue weighted by molar-refractivity contribution is -0.311. The first kappa shape index (κ1) is 12.1. The third-order valence-electron chi connectivity index (χ3n) is 2.14. The van der Waals surface area contributed by atoms with Crippen LogP contribution in [0.3, 0.4) is 0 Å². The number of rotatable bonds is 6. The van der Waals surface area contributed by atoms with Crippen LogP contribution in [0.2, 0.25) is 0 Å². The molecule has 1 aliphatic heterocycles. The van der Waals surface area contributed by atoms with Crippen molar-refractivity contribution in [3.8, 4) is 6.07 Å². The maximum Gasteiger partial charge on any atom is 0.288 e. The van der Waals surface area contributed by atoms with E-state index in [1.165, 1.54) is 6.92 Å². The Morgan fingerprint density at radius 1 is 1.47 bits per heavy atom. The quantitative estimate of drug-likeness (QED) is 0.381. The van der Waals surface area contributed by atoms with Gasteiger partial charge in [0.25, 0.3) is 5.79 Å². The van der Waals surface area contributed by atoms with Gasteiger partial charge in [0.1, 0.15) is 12.4 Å². The van der Waals surface area contributed by atoms with Crippen LogP contribution < -0.4 is 0 Å². The molecule has 0 aliphatic carbocycles. The van der Waals surface area contributed by atoms with E-state index < -0.39 is 12.1 Å². The summed E-state index contributed by atoms with van der Waals surface area (Å²) in [6.07, 6.45) is 4.44. The maximum absolute atomic E-state index is 10.0. The molecule has 0 aromatic heterocycles. The second kappa shape index (κ2) is 5.81. The molecule has 5 nitrogen and oxygen atoms in total. The van der Waals surface area contributed by atoms with Gasteiger partial charge in [-0.15, -0.1) is 0 Å². The summed E-state index contributed by atoms with van der Waals surface area (Å²) in [5.74, 6) is -1.27. The molecule has 0 N–H and O–H groups in total. The highest BCUT2D eigenvalue weighted by Crippen LogP contribution is 2.26. The van der Waals surface area contributed by atoms with E-state index >= 15 is 0 Å². The van der Waals surface area contributed by atoms with Gasteiger partial charge in [0.2, 0.25) is 0 Å². The summed E-state index contributed by atoms with van der Waals surface area (Å²) in [4.78, 5) is 19.6. The van der Waals surface area contributed by atoms with Crippen LogP contribution in [0.15, 0.2) is 0 Å². The molecule has 15 heavy (non-hydrogen) atoms. The van der Waals surface area contributed by atoms with Crippen LogP contribution in [0.5, 0.6) is 0 Å². The lowest BCUT2D eigenvalue weighted by atomic mass is 10.1. The van der Waals surface area contributed by atoms with Crippen LogP contribution >= 0.6 is 0 Å². The van der Waals surface area contributed by atoms with Gasteiger partial charge in [-0.1, -0.05) is 6.42 Å². The molecule has 1 aliphatic rings. The lowest BCUT2D eigenvalue weighted by Crippen LogP contribution is -2.23. The van der Waals surface area contributed by atoms with Crippen molar-refractivity contribution in [3.05, 3.63) is 0 Å². The Labute approximate surface area is 88.8 Å². The van der Waals surface area contributed by atoms with Gasteiger partial charge < -0.3 is 9.53 Å². The number of aldehydes is 1. The molecule has 0 saturated carbocycles. The van der Waals surface area contributed by atoms with Crippen molar-refractivity contribution in [1.82, 2.24) is 0 Å². The van der Waals surface area contributed by atoms with Gasteiger partial charge in [-0.2, -0.15) is 10.1 Å². The third-order valence-corrected chi connectivity index (χ3v) is 2.14. The number of nitrogens with zero attached hydrogens (tertiary/aromatic N) is 1. The highest BCUT2D eigenvalue weighted by Gasteiger charge is 2.39. The fourth-order valence-corrected chi connectivity index (χ4v) is 1.30. The number of hydrogen-bond donors (Lipinski definition) is 0. The Morgan fingerprint density at radius 3 is 2.87 bits per heavy atom. The zero-order valence-electron chi connectivity index (χ0n) is 8.77. The molecule has 0 aromatic carbocycles. The SMILES string of the molecule is C[C@@]1(C#N)OO[C@@H](CCCCCC=O)O1. The Hall–Kier alpha value is -0.960. The Bertz CT molecular complexity index is 250. The predicted molar refractivity (Wildman–Crippen MR) is 50.2 cm³/mol. The van der Waals surface area contributed by atoms with Gasteiger partial charge in [-0.25, -0.2) is 4.89 Å². The first-order chi connectivity index (χ1) is 7.20. The second-order valence-electron chi connectivity index (χ2n) is 3.59. The van der Waals surface area contributed by atoms with E-state index in [2.05, 4.69) is 0 Å². The van der Waals surface area contributed by atoms with Crippen molar-refractivity contribution in [2.75, 3.05) is 0 Å². The predicted octanol–water partition coefficient (Wildman–Crippen LogP) is 1.68. The maximum atomic E-state index is 10.0. The molecule has 0 unspecified atom stereocenters. The monoisotopic (exact) mass is 213 g/mol. The average molecular weight is 213 g/mol. The van der Waals surface area contributed by atoms with E-state index in [0.29, 0.717) is 12.8 Å². The van der Waals surface area contributed by atoms with Crippen molar-refractivity contribution >= 4 is 6.29 Å². The van der Waals surface area contributed by atoms with Crippen LogP contribution in [0.4, 0.5) is 0 Å². The van der Waals surface area contributed by atoms with E-state index in [4.69, 9.17) is 19.8 Å². The summed E-state index contributed by atoms with van der Waals surface area (Å²) in [6, 6.07) is 1.87. The normalized spacial score (nSPS) is 30.0. The van der Waals surface area contributed by atoms with Gasteiger partial charge in [0, 0.05) is 19.8 Å². The Kier molecular flexibility index (Phi) is 4.69. The fourth-order valence-electron chi connectivity index (χ4n) is 1.30. The molecule has 1 rings (SSSR count). The lowest BCUT2D eigenvalue weighted by Gasteiger charge is -2.09. The van der Waals surface area contributed by atoms with E-state index in [-0.39, 0.29) is 0 Å². The molecule has 0 spiro atoms. The van der Waals surface area contributed by atoms with Crippen LogP contribution in [-0.2, 0) is 19.3 Å². The summed E-state index contributed by atoms with van der Waals surface area (Å²) in [6.45, 7) is 1.51. The minimum absolute atomic E-state index is 0.467. The highest BCUT2D eigenvalue weighted by atomic mass is 17.3. The Morgan fingerprint density at radius 2 is 2.27 bits per heavy atom. The largest absolute Gasteiger partial charge is 0.303 e. The summed E-state index contributed by atoms with van der Waals surface area (Å²) in [7, 11) is 0. The van der Waals surface area contributed by atoms with Crippen LogP contribution in [-0.4, -0.2) is 18.4 Å². The van der Waals surface area contributed by atoms with Crippen molar-refractivity contribution in [3.63, 3.8) is 0 Å². The topological polar surface area (TPSA) is 68.5 Å². The standard InChI is InChI=1S/C10H15NO4/c1-10(8-11)13-9(14-15-10)6-4-2-3-5-7-12/h7,9H,2-6H2,1H3/t9-,10-/m0/s1. The third kappa shape index (κ3) is 3.96. The highest BCUT2D eigenvalue weighted by molar-refractivity contribution is 5.48. The fraction of sp³-hybridized carbons (Fsp3) is 0.800. The second-order valence-corrected chi connectivity index (χ2v) is 3.59. The van der Waals surface area contributed by atoms with Gasteiger partial charge in [-0.3, -0.25) is 0 Å². The molecule has 0 amide bonds. The average Bonchev–Trinajstić information content (AvgIpc) is 2.61. The van der Waals surface area contributed by atoms with E-state index in [0.717, 1.165) is 25.5 Å². The number of nitriles is 1. The smallest absolute Gasteiger partial charge is 0.288 e. The van der Waals surface area contributed by atoms with Gasteiger partial charge >= 0.3 is 0 Å². The van der Waals surface area contributed by atoms with Crippen molar-refractivity contribution in [2.24, 2.45) is 0 Å². The zero-order valence-corrected chi connectivity index (χ0v) is 8.77. The summed E-state index contributed by atoms with van der Waals surface area (Å²) in [5, 5.41) is 8.67. The summed E-state index contributed by atoms with van der Waals surface area (Å²) >= 11 is 0. The van der Waals surface area contributed by atoms with Crippen molar-refractivity contribution < 1.29 is 19.3 Å². The summed E-state index contributed by atoms with van der Waals surface area (Å²) < 4.78 is 5.23. The van der Waals surface area contributed by atoms with E-state index in [9.17, 15) is 4.79 Å². The van der Waals surface area contributed by atoms with Crippen molar-refractivity contribution in [2.45, 2.75) is 51.1 Å². The van der Waals surface area contributed by atoms with E-state index in [1.807, 2.05) is 6.07 Å². The first-order valence-corrected chi connectivity index (χ1v) is 5.07. The van der Waals surface area contributed by atoms with Gasteiger partial charge in [-0.05, 0) is 12.8 Å². The number of carbonyl (C=O) groups excluding carboxylic acids is 1. The van der Waals surface area contributed by atoms with Crippen LogP contribution in [0, 0.1) is 11.3 Å². The molecular formula is C10H15NO4. The zero-order chi connectivity index (χ0) is 11.1. The molecule has 0 radical (unpaired) electrons. The number of carbonyl (C=O) groups is 1. The molecule has 1 fully saturated rings. The number of ether oxygens (including phenoxy) is 1. The van der Waals surface area contributed by atoms with Gasteiger partial charge in [0.15, 0.2) is 6.29 Å². The molecule has 1 saturated heterocycles. The number of unbranched alkanes of at least 4 members (excludes halogenated alkanes) is 3. The molecule has 0 aromatic rings. The molecule has 0 bridgehead atoms. The molecule has 84 valence electrons. The van der Waals surface area contributed by atoms with Crippen LogP contribution in [0.1, 0.15) is 39.0 Å². The summed E-state index contributed by atoms with van der Waals surface area (Å²) in [5.41, 5.74) is 0. The molecular weight excluding hydrogens is 198 g/mol. The Balaban J connectivity index is 2.09. The van der Waals surface area contributed by atoms with Crippen LogP contribution in [0.25, 0.3) is 0 Å². The first-order valence-electron chi connectivity index (χ1n) is 5.07. The van der Waals surface area contributed by atoms with Crippen molar-refractivity contribution in [1.29, 1.82) is 5.26 Å². The minimum atomic E-state index is -1.27. The van der Waals surface area contributed by atoms with E-state index in [1.54, 1.807) is 0 Å².